The molecule has 0 fully saturated rings. The number of aliphatic hydroxyl groups excluding tert-OH is 1. The number of amides is 1. The molecule has 2 rings (SSSR count). The minimum atomic E-state index is -0.683. The van der Waals surface area contributed by atoms with Gasteiger partial charge in [-0.2, -0.15) is 0 Å². The molecule has 1 unspecified atom stereocenters. The summed E-state index contributed by atoms with van der Waals surface area (Å²) >= 11 is 0. The van der Waals surface area contributed by atoms with Crippen molar-refractivity contribution < 1.29 is 9.90 Å². The number of likely N-dealkylation sites (N-methyl/N-ethyl adjacent to an activating group) is 1. The van der Waals surface area contributed by atoms with E-state index in [2.05, 4.69) is 19.1 Å². The SMILES string of the molecule is CC[C@@H](CC(=O)N(C)[C@@H](C)C(O)c1ccccc1)c1ccccc1. The predicted molar refractivity (Wildman–Crippen MR) is 97.7 cm³/mol. The minimum Gasteiger partial charge on any atom is -0.386 e. The van der Waals surface area contributed by atoms with Crippen LogP contribution in [-0.4, -0.2) is 29.0 Å². The summed E-state index contributed by atoms with van der Waals surface area (Å²) in [5.74, 6) is 0.274. The van der Waals surface area contributed by atoms with Crippen LogP contribution in [0.4, 0.5) is 0 Å². The first-order valence-electron chi connectivity index (χ1n) is 8.58. The van der Waals surface area contributed by atoms with E-state index in [1.165, 1.54) is 5.56 Å². The highest BCUT2D eigenvalue weighted by atomic mass is 16.3. The Balaban J connectivity index is 2.03. The first kappa shape index (κ1) is 18.2. The minimum absolute atomic E-state index is 0.0631. The topological polar surface area (TPSA) is 40.5 Å². The van der Waals surface area contributed by atoms with Crippen LogP contribution in [-0.2, 0) is 4.79 Å². The Hall–Kier alpha value is -2.13. The molecule has 3 atom stereocenters. The molecule has 1 amide bonds. The van der Waals surface area contributed by atoms with E-state index in [1.54, 1.807) is 11.9 Å². The van der Waals surface area contributed by atoms with Crippen LogP contribution in [0.25, 0.3) is 0 Å². The molecule has 2 aromatic rings. The van der Waals surface area contributed by atoms with Crippen LogP contribution in [0.1, 0.15) is 49.8 Å². The van der Waals surface area contributed by atoms with Crippen LogP contribution >= 0.6 is 0 Å². The standard InChI is InChI=1S/C21H27NO2/c1-4-17(18-11-7-5-8-12-18)15-20(23)22(3)16(2)21(24)19-13-9-6-10-14-19/h5-14,16-17,21,24H,4,15H2,1-3H3/t16-,17-,21?/m0/s1. The second-order valence-corrected chi connectivity index (χ2v) is 6.32. The average molecular weight is 325 g/mol. The number of benzene rings is 2. The van der Waals surface area contributed by atoms with E-state index in [0.29, 0.717) is 6.42 Å². The van der Waals surface area contributed by atoms with Gasteiger partial charge in [0.15, 0.2) is 0 Å². The highest BCUT2D eigenvalue weighted by Crippen LogP contribution is 2.26. The van der Waals surface area contributed by atoms with Crippen LogP contribution in [0, 0.1) is 0 Å². The van der Waals surface area contributed by atoms with Crippen molar-refractivity contribution >= 4 is 5.91 Å². The molecule has 0 saturated carbocycles. The lowest BCUT2D eigenvalue weighted by molar-refractivity contribution is -0.134. The molecule has 24 heavy (non-hydrogen) atoms. The molecule has 128 valence electrons. The van der Waals surface area contributed by atoms with Gasteiger partial charge in [0.25, 0.3) is 0 Å². The smallest absolute Gasteiger partial charge is 0.223 e. The first-order chi connectivity index (χ1) is 11.5. The number of aliphatic hydroxyl groups is 1. The molecule has 0 saturated heterocycles. The molecule has 3 heteroatoms. The zero-order valence-electron chi connectivity index (χ0n) is 14.7. The summed E-state index contributed by atoms with van der Waals surface area (Å²) in [5, 5.41) is 10.5. The molecular formula is C21H27NO2. The lowest BCUT2D eigenvalue weighted by atomic mass is 9.92. The molecule has 0 heterocycles. The van der Waals surface area contributed by atoms with Crippen LogP contribution in [0.5, 0.6) is 0 Å². The Morgan fingerprint density at radius 1 is 1.00 bits per heavy atom. The van der Waals surface area contributed by atoms with E-state index < -0.39 is 6.10 Å². The van der Waals surface area contributed by atoms with Gasteiger partial charge in [-0.1, -0.05) is 67.6 Å². The molecule has 3 nitrogen and oxygen atoms in total. The lowest BCUT2D eigenvalue weighted by Crippen LogP contribution is -2.39. The van der Waals surface area contributed by atoms with Gasteiger partial charge in [0.05, 0.1) is 12.1 Å². The van der Waals surface area contributed by atoms with E-state index in [1.807, 2.05) is 55.5 Å². The quantitative estimate of drug-likeness (QED) is 0.831. The van der Waals surface area contributed by atoms with Crippen molar-refractivity contribution in [2.24, 2.45) is 0 Å². The molecule has 0 bridgehead atoms. The van der Waals surface area contributed by atoms with Crippen LogP contribution < -0.4 is 0 Å². The Labute approximate surface area is 144 Å². The number of hydrogen-bond acceptors (Lipinski definition) is 2. The molecule has 2 aromatic carbocycles. The van der Waals surface area contributed by atoms with Gasteiger partial charge < -0.3 is 10.0 Å². The molecule has 0 aliphatic carbocycles. The summed E-state index contributed by atoms with van der Waals surface area (Å²) in [6.45, 7) is 3.99. The van der Waals surface area contributed by atoms with Gasteiger partial charge in [0.2, 0.25) is 5.91 Å². The number of carbonyl (C=O) groups excluding carboxylic acids is 1. The Kier molecular flexibility index (Phi) is 6.56. The van der Waals surface area contributed by atoms with Crippen molar-refractivity contribution in [2.75, 3.05) is 7.05 Å². The predicted octanol–water partition coefficient (Wildman–Crippen LogP) is 4.15. The summed E-state index contributed by atoms with van der Waals surface area (Å²) < 4.78 is 0. The third-order valence-corrected chi connectivity index (χ3v) is 4.79. The maximum atomic E-state index is 12.7. The van der Waals surface area contributed by atoms with E-state index in [4.69, 9.17) is 0 Å². The Morgan fingerprint density at radius 3 is 2.00 bits per heavy atom. The van der Waals surface area contributed by atoms with Crippen molar-refractivity contribution in [2.45, 2.75) is 44.8 Å². The zero-order chi connectivity index (χ0) is 17.5. The van der Waals surface area contributed by atoms with Gasteiger partial charge in [-0.3, -0.25) is 4.79 Å². The van der Waals surface area contributed by atoms with E-state index in [0.717, 1.165) is 12.0 Å². The first-order valence-corrected chi connectivity index (χ1v) is 8.58. The van der Waals surface area contributed by atoms with Crippen molar-refractivity contribution in [1.82, 2.24) is 4.90 Å². The lowest BCUT2D eigenvalue weighted by Gasteiger charge is -2.30. The van der Waals surface area contributed by atoms with E-state index in [-0.39, 0.29) is 17.9 Å². The number of nitrogens with zero attached hydrogens (tertiary/aromatic N) is 1. The monoisotopic (exact) mass is 325 g/mol. The third-order valence-electron chi connectivity index (χ3n) is 4.79. The summed E-state index contributed by atoms with van der Waals surface area (Å²) in [6, 6.07) is 19.4. The molecular weight excluding hydrogens is 298 g/mol. The summed E-state index contributed by atoms with van der Waals surface area (Å²) in [7, 11) is 1.77. The second-order valence-electron chi connectivity index (χ2n) is 6.32. The van der Waals surface area contributed by atoms with E-state index in [9.17, 15) is 9.90 Å². The second kappa shape index (κ2) is 8.65. The molecule has 0 radical (unpaired) electrons. The molecule has 0 spiro atoms. The summed E-state index contributed by atoms with van der Waals surface area (Å²) in [6.07, 6.45) is 0.694. The highest BCUT2D eigenvalue weighted by molar-refractivity contribution is 5.77. The van der Waals surface area contributed by atoms with Gasteiger partial charge in [-0.25, -0.2) is 0 Å². The van der Waals surface area contributed by atoms with E-state index >= 15 is 0 Å². The van der Waals surface area contributed by atoms with Crippen molar-refractivity contribution in [3.8, 4) is 0 Å². The Morgan fingerprint density at radius 2 is 1.50 bits per heavy atom. The largest absolute Gasteiger partial charge is 0.386 e. The van der Waals surface area contributed by atoms with Crippen LogP contribution in [0.2, 0.25) is 0 Å². The van der Waals surface area contributed by atoms with Gasteiger partial charge in [-0.15, -0.1) is 0 Å². The van der Waals surface area contributed by atoms with Crippen LogP contribution in [0.3, 0.4) is 0 Å². The van der Waals surface area contributed by atoms with Gasteiger partial charge >= 0.3 is 0 Å². The maximum Gasteiger partial charge on any atom is 0.223 e. The summed E-state index contributed by atoms with van der Waals surface area (Å²) in [5.41, 5.74) is 2.03. The molecule has 0 aliphatic heterocycles. The van der Waals surface area contributed by atoms with Crippen molar-refractivity contribution in [3.63, 3.8) is 0 Å². The number of carbonyl (C=O) groups is 1. The fraction of sp³-hybridized carbons (Fsp3) is 0.381. The number of hydrogen-bond donors (Lipinski definition) is 1. The zero-order valence-corrected chi connectivity index (χ0v) is 14.7. The van der Waals surface area contributed by atoms with Crippen molar-refractivity contribution in [3.05, 3.63) is 71.8 Å². The van der Waals surface area contributed by atoms with Crippen molar-refractivity contribution in [1.29, 1.82) is 0 Å². The molecule has 1 N–H and O–H groups in total. The van der Waals surface area contributed by atoms with Gasteiger partial charge in [0, 0.05) is 13.5 Å². The highest BCUT2D eigenvalue weighted by Gasteiger charge is 2.25. The Bertz CT molecular complexity index is 627. The summed E-state index contributed by atoms with van der Waals surface area (Å²) in [4.78, 5) is 14.3. The van der Waals surface area contributed by atoms with Gasteiger partial charge in [-0.05, 0) is 30.4 Å². The average Bonchev–Trinajstić information content (AvgIpc) is 2.65. The van der Waals surface area contributed by atoms with Gasteiger partial charge in [0.1, 0.15) is 0 Å². The molecule has 0 aliphatic rings. The fourth-order valence-corrected chi connectivity index (χ4v) is 2.95. The normalized spacial score (nSPS) is 14.7. The maximum absolute atomic E-state index is 12.7. The molecule has 0 aromatic heterocycles. The third kappa shape index (κ3) is 4.45. The fourth-order valence-electron chi connectivity index (χ4n) is 2.95. The van der Waals surface area contributed by atoms with Crippen LogP contribution in [0.15, 0.2) is 60.7 Å². The number of rotatable bonds is 7.